The van der Waals surface area contributed by atoms with Crippen molar-refractivity contribution < 1.29 is 14.5 Å². The molecule has 4 N–H and O–H groups in total. The highest BCUT2D eigenvalue weighted by atomic mass is 16.6. The van der Waals surface area contributed by atoms with Crippen LogP contribution in [0.15, 0.2) is 53.3 Å². The van der Waals surface area contributed by atoms with Gasteiger partial charge in [-0.1, -0.05) is 36.4 Å². The molecule has 116 valence electrons. The summed E-state index contributed by atoms with van der Waals surface area (Å²) >= 11 is 0. The maximum absolute atomic E-state index is 11.4. The number of carbonyl (C=O) groups excluding carboxylic acids is 2. The van der Waals surface area contributed by atoms with E-state index in [0.29, 0.717) is 5.56 Å². The van der Waals surface area contributed by atoms with Crippen LogP contribution in [0.25, 0.3) is 0 Å². The van der Waals surface area contributed by atoms with Gasteiger partial charge in [0.2, 0.25) is 5.91 Å². The number of nitro groups is 1. The second-order valence-corrected chi connectivity index (χ2v) is 4.73. The van der Waals surface area contributed by atoms with Crippen LogP contribution in [0.1, 0.15) is 25.3 Å². The predicted molar refractivity (Wildman–Crippen MR) is 81.0 cm³/mol. The Morgan fingerprint density at radius 3 is 2.09 bits per heavy atom. The van der Waals surface area contributed by atoms with Crippen molar-refractivity contribution in [3.8, 4) is 0 Å². The van der Waals surface area contributed by atoms with Crippen LogP contribution in [0.5, 0.6) is 0 Å². The van der Waals surface area contributed by atoms with Gasteiger partial charge >= 0.3 is 0 Å². The smallest absolute Gasteiger partial charge is 0.265 e. The van der Waals surface area contributed by atoms with E-state index in [2.05, 4.69) is 0 Å². The maximum Gasteiger partial charge on any atom is 0.265 e. The van der Waals surface area contributed by atoms with Crippen molar-refractivity contribution in [1.29, 1.82) is 0 Å². The predicted octanol–water partition coefficient (Wildman–Crippen LogP) is 1.24. The molecule has 1 aromatic rings. The van der Waals surface area contributed by atoms with Crippen LogP contribution in [-0.2, 0) is 9.59 Å². The first kappa shape index (κ1) is 17.1. The van der Waals surface area contributed by atoms with E-state index in [4.69, 9.17) is 11.5 Å². The Hall–Kier alpha value is -2.96. The number of benzene rings is 1. The maximum atomic E-state index is 11.4. The molecule has 0 saturated heterocycles. The number of carbonyl (C=O) groups is 2. The summed E-state index contributed by atoms with van der Waals surface area (Å²) in [6.07, 6.45) is 1.36. The Labute approximate surface area is 127 Å². The number of hydrogen-bond donors (Lipinski definition) is 2. The van der Waals surface area contributed by atoms with Crippen molar-refractivity contribution in [3.63, 3.8) is 0 Å². The molecule has 7 heteroatoms. The zero-order valence-electron chi connectivity index (χ0n) is 12.3. The summed E-state index contributed by atoms with van der Waals surface area (Å²) in [5, 5.41) is 11.4. The summed E-state index contributed by atoms with van der Waals surface area (Å²) in [5.41, 5.74) is 10.5. The summed E-state index contributed by atoms with van der Waals surface area (Å²) in [4.78, 5) is 33.3. The lowest BCUT2D eigenvalue weighted by atomic mass is 9.91. The number of hydrogen-bond acceptors (Lipinski definition) is 4. The Morgan fingerprint density at radius 2 is 1.68 bits per heavy atom. The topological polar surface area (TPSA) is 129 Å². The highest BCUT2D eigenvalue weighted by Crippen LogP contribution is 2.29. The first-order chi connectivity index (χ1) is 10.3. The summed E-state index contributed by atoms with van der Waals surface area (Å²) < 4.78 is 0. The third kappa shape index (κ3) is 4.02. The van der Waals surface area contributed by atoms with E-state index in [-0.39, 0.29) is 16.8 Å². The van der Waals surface area contributed by atoms with Crippen LogP contribution in [-0.4, -0.2) is 16.7 Å². The van der Waals surface area contributed by atoms with Crippen LogP contribution < -0.4 is 11.5 Å². The van der Waals surface area contributed by atoms with E-state index in [1.54, 1.807) is 30.3 Å². The van der Waals surface area contributed by atoms with Gasteiger partial charge in [-0.15, -0.1) is 0 Å². The van der Waals surface area contributed by atoms with Crippen molar-refractivity contribution >= 4 is 11.8 Å². The second kappa shape index (κ2) is 7.16. The van der Waals surface area contributed by atoms with Crippen molar-refractivity contribution in [2.45, 2.75) is 19.8 Å². The third-order valence-corrected chi connectivity index (χ3v) is 3.21. The summed E-state index contributed by atoms with van der Waals surface area (Å²) in [7, 11) is 0. The molecule has 0 heterocycles. The summed E-state index contributed by atoms with van der Waals surface area (Å²) in [6, 6.07) is 8.47. The minimum absolute atomic E-state index is 0.158. The Morgan fingerprint density at radius 1 is 1.14 bits per heavy atom. The van der Waals surface area contributed by atoms with E-state index in [1.807, 2.05) is 0 Å². The normalized spacial score (nSPS) is 14.0. The zero-order chi connectivity index (χ0) is 16.9. The molecule has 1 atom stereocenters. The first-order valence-corrected chi connectivity index (χ1v) is 6.43. The molecule has 1 unspecified atom stereocenters. The summed E-state index contributed by atoms with van der Waals surface area (Å²) in [5.74, 6) is -2.49. The molecule has 0 bridgehead atoms. The van der Waals surface area contributed by atoms with Gasteiger partial charge in [-0.25, -0.2) is 0 Å². The van der Waals surface area contributed by atoms with E-state index < -0.39 is 22.7 Å². The minimum atomic E-state index is -0.906. The molecular formula is C15H17N3O4. The largest absolute Gasteiger partial charge is 0.366 e. The fourth-order valence-corrected chi connectivity index (χ4v) is 1.94. The summed E-state index contributed by atoms with van der Waals surface area (Å²) in [6.45, 7) is 2.74. The van der Waals surface area contributed by atoms with Gasteiger partial charge in [0.15, 0.2) is 0 Å². The van der Waals surface area contributed by atoms with Crippen molar-refractivity contribution in [3.05, 3.63) is 68.9 Å². The van der Waals surface area contributed by atoms with Crippen LogP contribution in [0.4, 0.5) is 0 Å². The third-order valence-electron chi connectivity index (χ3n) is 3.21. The van der Waals surface area contributed by atoms with Gasteiger partial charge in [0.05, 0.1) is 16.4 Å². The van der Waals surface area contributed by atoms with Crippen molar-refractivity contribution in [2.24, 2.45) is 11.5 Å². The minimum Gasteiger partial charge on any atom is -0.366 e. The number of amides is 2. The fraction of sp³-hybridized carbons (Fsp3) is 0.200. The molecule has 22 heavy (non-hydrogen) atoms. The lowest BCUT2D eigenvalue weighted by molar-refractivity contribution is -0.429. The molecule has 1 aromatic carbocycles. The molecule has 0 saturated carbocycles. The molecule has 0 fully saturated rings. The van der Waals surface area contributed by atoms with Gasteiger partial charge in [-0.05, 0) is 19.4 Å². The molecule has 0 radical (unpaired) electrons. The van der Waals surface area contributed by atoms with Gasteiger partial charge in [-0.3, -0.25) is 19.7 Å². The van der Waals surface area contributed by atoms with Crippen LogP contribution in [0.2, 0.25) is 0 Å². The molecule has 2 amide bonds. The number of rotatable bonds is 6. The lowest BCUT2D eigenvalue weighted by Gasteiger charge is -2.13. The van der Waals surface area contributed by atoms with Crippen molar-refractivity contribution in [1.82, 2.24) is 0 Å². The molecule has 1 rings (SSSR count). The first-order valence-electron chi connectivity index (χ1n) is 6.43. The van der Waals surface area contributed by atoms with Gasteiger partial charge in [0, 0.05) is 5.57 Å². The number of nitrogens with two attached hydrogens (primary N) is 2. The lowest BCUT2D eigenvalue weighted by Crippen LogP contribution is -2.21. The fourth-order valence-electron chi connectivity index (χ4n) is 1.94. The van der Waals surface area contributed by atoms with E-state index >= 15 is 0 Å². The standard InChI is InChI=1S/C15H17N3O4/c1-9(14(16)19)8-12(11-6-4-3-5-7-11)13(18(21)22)10(2)15(17)20/h3-8,12H,1-2H3,(H2,16,19)(H2,17,20). The van der Waals surface area contributed by atoms with E-state index in [1.165, 1.54) is 19.9 Å². The Kier molecular flexibility index (Phi) is 5.57. The Balaban J connectivity index is 3.59. The monoisotopic (exact) mass is 303 g/mol. The number of primary amides is 2. The van der Waals surface area contributed by atoms with Crippen LogP contribution >= 0.6 is 0 Å². The molecule has 0 aromatic heterocycles. The highest BCUT2D eigenvalue weighted by molar-refractivity contribution is 5.93. The second-order valence-electron chi connectivity index (χ2n) is 4.73. The van der Waals surface area contributed by atoms with Crippen LogP contribution in [0.3, 0.4) is 0 Å². The molecule has 0 aliphatic rings. The van der Waals surface area contributed by atoms with E-state index in [9.17, 15) is 19.7 Å². The van der Waals surface area contributed by atoms with Gasteiger partial charge < -0.3 is 11.5 Å². The Bertz CT molecular complexity index is 663. The molecule has 0 aliphatic carbocycles. The quantitative estimate of drug-likeness (QED) is 0.465. The molecule has 0 aliphatic heterocycles. The molecule has 0 spiro atoms. The number of allylic oxidation sites excluding steroid dienone is 1. The van der Waals surface area contributed by atoms with Gasteiger partial charge in [0.25, 0.3) is 11.6 Å². The number of nitrogens with zero attached hydrogens (tertiary/aromatic N) is 1. The molecular weight excluding hydrogens is 286 g/mol. The van der Waals surface area contributed by atoms with Gasteiger partial charge in [-0.2, -0.15) is 0 Å². The highest BCUT2D eigenvalue weighted by Gasteiger charge is 2.29. The van der Waals surface area contributed by atoms with Crippen molar-refractivity contribution in [2.75, 3.05) is 0 Å². The molecule has 7 nitrogen and oxygen atoms in total. The SMILES string of the molecule is CC(=CC(C(=C(C)C(N)=O)[N+](=O)[O-])c1ccccc1)C(N)=O. The van der Waals surface area contributed by atoms with Gasteiger partial charge in [0.1, 0.15) is 0 Å². The average Bonchev–Trinajstić information content (AvgIpc) is 2.46. The zero-order valence-corrected chi connectivity index (χ0v) is 12.3. The van der Waals surface area contributed by atoms with Crippen LogP contribution in [0, 0.1) is 10.1 Å². The average molecular weight is 303 g/mol. The van der Waals surface area contributed by atoms with E-state index in [0.717, 1.165) is 0 Å².